The normalized spacial score (nSPS) is 10.8. The minimum absolute atomic E-state index is 0.0876. The van der Waals surface area contributed by atoms with Gasteiger partial charge in [-0.3, -0.25) is 0 Å². The first-order valence-corrected chi connectivity index (χ1v) is 9.70. The molecule has 20 heavy (non-hydrogen) atoms. The van der Waals surface area contributed by atoms with Gasteiger partial charge in [-0.05, 0) is 11.8 Å². The summed E-state index contributed by atoms with van der Waals surface area (Å²) in [6, 6.07) is 0. The van der Waals surface area contributed by atoms with Gasteiger partial charge in [-0.1, -0.05) is 12.2 Å². The predicted octanol–water partition coefficient (Wildman–Crippen LogP) is -0.130. The Kier molecular flexibility index (Phi) is 18.2. The summed E-state index contributed by atoms with van der Waals surface area (Å²) in [5.74, 6) is 0. The van der Waals surface area contributed by atoms with Crippen molar-refractivity contribution in [2.75, 3.05) is 13.2 Å². The van der Waals surface area contributed by atoms with Gasteiger partial charge < -0.3 is 43.3 Å². The molecule has 0 rings (SSSR count). The van der Waals surface area contributed by atoms with Crippen LogP contribution in [0, 0.1) is 0 Å². The van der Waals surface area contributed by atoms with Crippen molar-refractivity contribution in [3.8, 4) is 0 Å². The second-order valence-corrected chi connectivity index (χ2v) is 6.88. The van der Waals surface area contributed by atoms with Crippen molar-refractivity contribution in [1.82, 2.24) is 0 Å². The topological polar surface area (TPSA) is 177 Å². The van der Waals surface area contributed by atoms with Gasteiger partial charge in [0.05, 0.1) is 13.2 Å². The lowest BCUT2D eigenvalue weighted by atomic mass is 10.7. The largest absolute Gasteiger partial charge is 0.466 e. The molecule has 0 saturated heterocycles. The third-order valence-electron chi connectivity index (χ3n) is 0.668. The van der Waals surface area contributed by atoms with E-state index in [-0.39, 0.29) is 13.2 Å². The summed E-state index contributed by atoms with van der Waals surface area (Å²) in [4.78, 5) is 54.4. The highest BCUT2D eigenvalue weighted by atomic mass is 32.5. The molecule has 0 heterocycles. The van der Waals surface area contributed by atoms with Gasteiger partial charge in [0.2, 0.25) is 0 Å². The van der Waals surface area contributed by atoms with Gasteiger partial charge in [0.1, 0.15) is 0 Å². The monoisotopic (exact) mass is 374 g/mol. The first kappa shape index (κ1) is 25.4. The quantitative estimate of drug-likeness (QED) is 0.243. The molecule has 0 aromatic rings. The van der Waals surface area contributed by atoms with Crippen LogP contribution in [0.2, 0.25) is 0 Å². The van der Waals surface area contributed by atoms with E-state index in [9.17, 15) is 0 Å². The minimum Gasteiger partial charge on any atom is -0.328 e. The summed E-state index contributed by atoms with van der Waals surface area (Å²) in [7, 11) is -6.82. The van der Waals surface area contributed by atoms with E-state index in [1.807, 2.05) is 0 Å². The van der Waals surface area contributed by atoms with E-state index in [2.05, 4.69) is 34.0 Å². The maximum atomic E-state index is 8.88. The maximum absolute atomic E-state index is 8.88. The minimum atomic E-state index is -4.64. The zero-order chi connectivity index (χ0) is 16.8. The molecule has 0 aromatic carbocycles. The summed E-state index contributed by atoms with van der Waals surface area (Å²) in [5, 5.41) is 0. The van der Waals surface area contributed by atoms with Crippen molar-refractivity contribution in [2.24, 2.45) is 0 Å². The molecule has 0 fully saturated rings. The Balaban J connectivity index is -0.000000223. The molecule has 0 aliphatic carbocycles. The van der Waals surface area contributed by atoms with Crippen LogP contribution >= 0.6 is 23.1 Å². The zero-order valence-corrected chi connectivity index (χ0v) is 13.6. The molecule has 0 spiro atoms. The Hall–Kier alpha value is 0.430. The van der Waals surface area contributed by atoms with Crippen LogP contribution in [0.3, 0.4) is 0 Å². The molecule has 10 nitrogen and oxygen atoms in total. The van der Waals surface area contributed by atoms with Crippen LogP contribution < -0.4 is 0 Å². The van der Waals surface area contributed by atoms with Crippen molar-refractivity contribution in [3.05, 3.63) is 25.3 Å². The molecule has 14 heteroatoms. The van der Waals surface area contributed by atoms with E-state index in [4.69, 9.17) is 38.8 Å². The third-order valence-corrected chi connectivity index (χ3v) is 1.85. The van der Waals surface area contributed by atoms with Crippen molar-refractivity contribution < 1.29 is 47.9 Å². The molecule has 0 amide bonds. The molecule has 0 aliphatic rings. The van der Waals surface area contributed by atoms with Crippen LogP contribution in [-0.2, 0) is 25.4 Å². The molecule has 0 aromatic heterocycles. The zero-order valence-electron chi connectivity index (χ0n) is 10.1. The Bertz CT molecular complexity index is 328. The number of rotatable bonds is 6. The molecule has 0 bridgehead atoms. The Morgan fingerprint density at radius 1 is 1.05 bits per heavy atom. The van der Waals surface area contributed by atoms with E-state index in [0.29, 0.717) is 0 Å². The predicted molar refractivity (Wildman–Crippen MR) is 76.6 cm³/mol. The molecular weight excluding hydrogens is 357 g/mol. The fourth-order valence-corrected chi connectivity index (χ4v) is 0.990. The lowest BCUT2D eigenvalue weighted by molar-refractivity contribution is 0.274. The van der Waals surface area contributed by atoms with Gasteiger partial charge in [0.25, 0.3) is 0 Å². The van der Waals surface area contributed by atoms with Crippen molar-refractivity contribution in [2.45, 2.75) is 0 Å². The average molecular weight is 374 g/mol. The first-order valence-electron chi connectivity index (χ1n) is 4.34. The fourth-order valence-electron chi connectivity index (χ4n) is 0.269. The summed E-state index contributed by atoms with van der Waals surface area (Å²) in [6.45, 7) is 3.44. The van der Waals surface area contributed by atoms with Gasteiger partial charge >= 0.3 is 23.1 Å². The molecule has 122 valence electrons. The lowest BCUT2D eigenvalue weighted by Crippen LogP contribution is -1.85. The summed E-state index contributed by atoms with van der Waals surface area (Å²) in [6.07, 6.45) is 2.84. The molecule has 0 saturated carbocycles. The van der Waals surface area contributed by atoms with Crippen molar-refractivity contribution >= 4 is 35.0 Å². The standard InChI is InChI=1S/C3H7O3PS.C3H7O3P.H3O4P/c1-2-3-6-7(4,5)8;1-2-3-6-7(4)5;1-5(2,3)4/h2H,1,3H2,(H2,4,5,8);2,4-5H,1,3H2;(H3,1,2,3,4). The van der Waals surface area contributed by atoms with Crippen LogP contribution in [0.4, 0.5) is 0 Å². The second kappa shape index (κ2) is 14.4. The second-order valence-electron chi connectivity index (χ2n) is 2.43. The SMILES string of the molecule is C=CCOP(O)(O)=S.C=CCOP(O)O.O=P(O)(O)O. The van der Waals surface area contributed by atoms with Crippen LogP contribution in [0.25, 0.3) is 0 Å². The van der Waals surface area contributed by atoms with Gasteiger partial charge in [0, 0.05) is 0 Å². The average Bonchev–Trinajstić information content (AvgIpc) is 2.21. The highest BCUT2D eigenvalue weighted by Crippen LogP contribution is 2.35. The van der Waals surface area contributed by atoms with Gasteiger partial charge in [-0.15, -0.1) is 13.2 Å². The number of hydrogen-bond acceptors (Lipinski definition) is 6. The third kappa shape index (κ3) is 63.0. The van der Waals surface area contributed by atoms with Crippen LogP contribution in [0.15, 0.2) is 25.3 Å². The van der Waals surface area contributed by atoms with Gasteiger partial charge in [0.15, 0.2) is 0 Å². The van der Waals surface area contributed by atoms with Crippen LogP contribution in [0.1, 0.15) is 0 Å². The number of hydrogen-bond donors (Lipinski definition) is 7. The summed E-state index contributed by atoms with van der Waals surface area (Å²) < 4.78 is 17.4. The van der Waals surface area contributed by atoms with E-state index < -0.39 is 23.1 Å². The summed E-state index contributed by atoms with van der Waals surface area (Å²) >= 11 is 4.10. The fraction of sp³-hybridized carbons (Fsp3) is 0.333. The van der Waals surface area contributed by atoms with Gasteiger partial charge in [-0.2, -0.15) is 0 Å². The Morgan fingerprint density at radius 2 is 1.40 bits per heavy atom. The Morgan fingerprint density at radius 3 is 1.50 bits per heavy atom. The smallest absolute Gasteiger partial charge is 0.328 e. The molecule has 0 aliphatic heterocycles. The van der Waals surface area contributed by atoms with Crippen LogP contribution in [0.5, 0.6) is 0 Å². The highest BCUT2D eigenvalue weighted by molar-refractivity contribution is 8.06. The first-order chi connectivity index (χ1) is 8.83. The Labute approximate surface area is 122 Å². The molecule has 0 atom stereocenters. The maximum Gasteiger partial charge on any atom is 0.466 e. The van der Waals surface area contributed by atoms with Crippen LogP contribution in [-0.4, -0.2) is 47.5 Å². The van der Waals surface area contributed by atoms with E-state index in [1.165, 1.54) is 12.2 Å². The summed E-state index contributed by atoms with van der Waals surface area (Å²) in [5.41, 5.74) is 0. The van der Waals surface area contributed by atoms with Crippen molar-refractivity contribution in [1.29, 1.82) is 0 Å². The number of phosphoric acid groups is 1. The molecule has 0 unspecified atom stereocenters. The van der Waals surface area contributed by atoms with E-state index >= 15 is 0 Å². The van der Waals surface area contributed by atoms with E-state index in [1.54, 1.807) is 0 Å². The molecule has 0 radical (unpaired) electrons. The highest BCUT2D eigenvalue weighted by Gasteiger charge is 2.03. The lowest BCUT2D eigenvalue weighted by Gasteiger charge is -2.03. The molecular formula is C6H17O10P3S. The van der Waals surface area contributed by atoms with Gasteiger partial charge in [-0.25, -0.2) is 4.57 Å². The van der Waals surface area contributed by atoms with E-state index in [0.717, 1.165) is 0 Å². The van der Waals surface area contributed by atoms with Crippen molar-refractivity contribution in [3.63, 3.8) is 0 Å². The molecule has 7 N–H and O–H groups in total.